The molecule has 4 aromatic rings. The van der Waals surface area contributed by atoms with Crippen molar-refractivity contribution in [2.75, 3.05) is 6.54 Å². The van der Waals surface area contributed by atoms with Crippen molar-refractivity contribution in [2.45, 2.75) is 39.2 Å². The third-order valence-corrected chi connectivity index (χ3v) is 6.04. The molecular formula is C23H21ClN4O3. The van der Waals surface area contributed by atoms with Gasteiger partial charge in [0.2, 0.25) is 5.89 Å². The van der Waals surface area contributed by atoms with Gasteiger partial charge in [-0.3, -0.25) is 4.79 Å². The predicted octanol–water partition coefficient (Wildman–Crippen LogP) is 5.05. The lowest BCUT2D eigenvalue weighted by Crippen LogP contribution is -2.31. The van der Waals surface area contributed by atoms with Crippen LogP contribution in [0.3, 0.4) is 0 Å². The van der Waals surface area contributed by atoms with Gasteiger partial charge in [-0.05, 0) is 44.4 Å². The van der Waals surface area contributed by atoms with E-state index in [1.54, 1.807) is 12.3 Å². The molecule has 4 heterocycles. The maximum atomic E-state index is 13.5. The monoisotopic (exact) mass is 436 g/mol. The number of hydrogen-bond donors (Lipinski definition) is 0. The van der Waals surface area contributed by atoms with Crippen molar-refractivity contribution in [3.8, 4) is 0 Å². The molecule has 31 heavy (non-hydrogen) atoms. The van der Waals surface area contributed by atoms with Crippen LogP contribution in [0.5, 0.6) is 0 Å². The fourth-order valence-corrected chi connectivity index (χ4v) is 4.40. The number of amides is 1. The quantitative estimate of drug-likeness (QED) is 0.445. The second kappa shape index (κ2) is 7.81. The second-order valence-corrected chi connectivity index (χ2v) is 8.26. The average Bonchev–Trinajstić information content (AvgIpc) is 3.49. The zero-order valence-corrected chi connectivity index (χ0v) is 18.0. The largest absolute Gasteiger partial charge is 0.443 e. The summed E-state index contributed by atoms with van der Waals surface area (Å²) in [4.78, 5) is 24.2. The van der Waals surface area contributed by atoms with Gasteiger partial charge in [-0.15, -0.1) is 0 Å². The van der Waals surface area contributed by atoms with E-state index in [4.69, 9.17) is 20.5 Å². The number of pyridine rings is 1. The van der Waals surface area contributed by atoms with Gasteiger partial charge in [0, 0.05) is 23.7 Å². The summed E-state index contributed by atoms with van der Waals surface area (Å²) in [6.45, 7) is 4.29. The Kier molecular flexibility index (Phi) is 4.98. The van der Waals surface area contributed by atoms with E-state index in [1.165, 1.54) is 0 Å². The van der Waals surface area contributed by atoms with Crippen LogP contribution in [0.2, 0.25) is 5.02 Å². The zero-order valence-electron chi connectivity index (χ0n) is 17.3. The Morgan fingerprint density at radius 2 is 2.13 bits per heavy atom. The number of halogens is 1. The van der Waals surface area contributed by atoms with Gasteiger partial charge in [0.15, 0.2) is 0 Å². The van der Waals surface area contributed by atoms with Gasteiger partial charge in [-0.1, -0.05) is 35.0 Å². The molecule has 0 aliphatic carbocycles. The smallest absolute Gasteiger partial charge is 0.258 e. The van der Waals surface area contributed by atoms with E-state index in [2.05, 4.69) is 15.1 Å². The highest BCUT2D eigenvalue weighted by molar-refractivity contribution is 6.31. The first-order valence-electron chi connectivity index (χ1n) is 10.2. The highest BCUT2D eigenvalue weighted by Gasteiger charge is 2.35. The molecule has 1 fully saturated rings. The molecular weight excluding hydrogens is 416 g/mol. The number of carbonyl (C=O) groups is 1. The van der Waals surface area contributed by atoms with Crippen LogP contribution in [0.15, 0.2) is 45.5 Å². The first-order valence-corrected chi connectivity index (χ1v) is 10.6. The number of fused-ring (bicyclic) bond motifs is 1. The van der Waals surface area contributed by atoms with E-state index in [9.17, 15) is 4.79 Å². The molecule has 158 valence electrons. The molecule has 5 rings (SSSR count). The Morgan fingerprint density at radius 3 is 2.97 bits per heavy atom. The minimum atomic E-state index is -0.212. The summed E-state index contributed by atoms with van der Waals surface area (Å²) in [6, 6.07) is 9.25. The number of oxazole rings is 1. The van der Waals surface area contributed by atoms with E-state index in [1.807, 2.05) is 43.0 Å². The normalized spacial score (nSPS) is 16.4. The second-order valence-electron chi connectivity index (χ2n) is 7.85. The van der Waals surface area contributed by atoms with Crippen LogP contribution in [-0.2, 0) is 6.42 Å². The summed E-state index contributed by atoms with van der Waals surface area (Å²) < 4.78 is 11.3. The zero-order chi connectivity index (χ0) is 21.5. The maximum absolute atomic E-state index is 13.5. The maximum Gasteiger partial charge on any atom is 0.258 e. The van der Waals surface area contributed by atoms with Crippen LogP contribution in [0.4, 0.5) is 0 Å². The summed E-state index contributed by atoms with van der Waals surface area (Å²) in [5.41, 5.74) is 3.27. The average molecular weight is 437 g/mol. The van der Waals surface area contributed by atoms with Gasteiger partial charge in [-0.2, -0.15) is 0 Å². The minimum Gasteiger partial charge on any atom is -0.443 e. The molecule has 1 amide bonds. The van der Waals surface area contributed by atoms with Crippen LogP contribution in [-0.4, -0.2) is 32.5 Å². The van der Waals surface area contributed by atoms with Gasteiger partial charge in [0.05, 0.1) is 22.8 Å². The van der Waals surface area contributed by atoms with Crippen LogP contribution in [0.1, 0.15) is 57.8 Å². The fraction of sp³-hybridized carbons (Fsp3) is 0.304. The molecule has 0 bridgehead atoms. The van der Waals surface area contributed by atoms with Crippen molar-refractivity contribution < 1.29 is 13.7 Å². The third kappa shape index (κ3) is 3.59. The van der Waals surface area contributed by atoms with Crippen molar-refractivity contribution in [1.82, 2.24) is 20.0 Å². The highest BCUT2D eigenvalue weighted by Crippen LogP contribution is 2.35. The summed E-state index contributed by atoms with van der Waals surface area (Å²) >= 11 is 6.27. The molecule has 1 saturated heterocycles. The minimum absolute atomic E-state index is 0.0878. The molecule has 0 N–H and O–H groups in total. The Balaban J connectivity index is 1.43. The SMILES string of the molecule is Cc1cc(C(=O)N2CCC[C@@H]2c2ncc(Cc3ccccc3Cl)o2)c2c(C)noc2n1. The van der Waals surface area contributed by atoms with E-state index < -0.39 is 0 Å². The molecule has 1 atom stereocenters. The summed E-state index contributed by atoms with van der Waals surface area (Å²) in [7, 11) is 0. The number of rotatable bonds is 4. The number of hydrogen-bond acceptors (Lipinski definition) is 6. The number of likely N-dealkylation sites (tertiary alicyclic amines) is 1. The molecule has 1 aliphatic rings. The summed E-state index contributed by atoms with van der Waals surface area (Å²) in [5, 5.41) is 5.34. The number of aromatic nitrogens is 3. The highest BCUT2D eigenvalue weighted by atomic mass is 35.5. The van der Waals surface area contributed by atoms with E-state index >= 15 is 0 Å². The van der Waals surface area contributed by atoms with Gasteiger partial charge in [0.25, 0.3) is 11.6 Å². The van der Waals surface area contributed by atoms with Crippen molar-refractivity contribution in [3.05, 3.63) is 75.7 Å². The molecule has 0 radical (unpaired) electrons. The van der Waals surface area contributed by atoms with Crippen LogP contribution >= 0.6 is 11.6 Å². The van der Waals surface area contributed by atoms with Gasteiger partial charge >= 0.3 is 0 Å². The molecule has 3 aromatic heterocycles. The molecule has 0 unspecified atom stereocenters. The number of aryl methyl sites for hydroxylation is 2. The molecule has 0 saturated carbocycles. The molecule has 0 spiro atoms. The summed E-state index contributed by atoms with van der Waals surface area (Å²) in [6.07, 6.45) is 3.96. The van der Waals surface area contributed by atoms with Crippen molar-refractivity contribution in [3.63, 3.8) is 0 Å². The molecule has 1 aliphatic heterocycles. The van der Waals surface area contributed by atoms with Crippen molar-refractivity contribution in [2.24, 2.45) is 0 Å². The first-order chi connectivity index (χ1) is 15.0. The van der Waals surface area contributed by atoms with Crippen molar-refractivity contribution >= 4 is 28.6 Å². The lowest BCUT2D eigenvalue weighted by molar-refractivity contribution is 0.0716. The fourth-order valence-electron chi connectivity index (χ4n) is 4.20. The van der Waals surface area contributed by atoms with Crippen molar-refractivity contribution in [1.29, 1.82) is 0 Å². The number of nitrogens with zero attached hydrogens (tertiary/aromatic N) is 4. The number of carbonyl (C=O) groups excluding carboxylic acids is 1. The molecule has 8 heteroatoms. The van der Waals surface area contributed by atoms with Gasteiger partial charge in [0.1, 0.15) is 11.8 Å². The molecule has 1 aromatic carbocycles. The van der Waals surface area contributed by atoms with Gasteiger partial charge < -0.3 is 13.8 Å². The van der Waals surface area contributed by atoms with Crippen LogP contribution in [0.25, 0.3) is 11.1 Å². The van der Waals surface area contributed by atoms with Crippen LogP contribution < -0.4 is 0 Å². The summed E-state index contributed by atoms with van der Waals surface area (Å²) in [5.74, 6) is 1.19. The Morgan fingerprint density at radius 1 is 1.29 bits per heavy atom. The van der Waals surface area contributed by atoms with Gasteiger partial charge in [-0.25, -0.2) is 9.97 Å². The lowest BCUT2D eigenvalue weighted by atomic mass is 10.1. The standard InChI is InChI=1S/C23H21ClN4O3/c1-13-10-17(20-14(2)27-31-22(20)26-13)23(29)28-9-5-8-19(28)21-25-12-16(30-21)11-15-6-3-4-7-18(15)24/h3-4,6-7,10,12,19H,5,8-9,11H2,1-2H3/t19-/m1/s1. The number of benzene rings is 1. The topological polar surface area (TPSA) is 85.3 Å². The third-order valence-electron chi connectivity index (χ3n) is 5.67. The Labute approximate surface area is 184 Å². The molecule has 7 nitrogen and oxygen atoms in total. The van der Waals surface area contributed by atoms with Crippen LogP contribution in [0, 0.1) is 13.8 Å². The lowest BCUT2D eigenvalue weighted by Gasteiger charge is -2.22. The van der Waals surface area contributed by atoms with E-state index in [0.29, 0.717) is 51.9 Å². The Hall–Kier alpha value is -3.19. The van der Waals surface area contributed by atoms with E-state index in [-0.39, 0.29) is 11.9 Å². The first kappa shape index (κ1) is 19.8. The van der Waals surface area contributed by atoms with E-state index in [0.717, 1.165) is 24.2 Å². The Bertz CT molecular complexity index is 1280. The predicted molar refractivity (Wildman–Crippen MR) is 115 cm³/mol.